The van der Waals surface area contributed by atoms with Gasteiger partial charge in [0.2, 0.25) is 5.82 Å². The lowest BCUT2D eigenvalue weighted by Gasteiger charge is -2.10. The average molecular weight is 356 g/mol. The highest BCUT2D eigenvalue weighted by Gasteiger charge is 2.14. The molecule has 3 rings (SSSR count). The van der Waals surface area contributed by atoms with Crippen LogP contribution in [0.25, 0.3) is 22.8 Å². The summed E-state index contributed by atoms with van der Waals surface area (Å²) in [6.45, 7) is 0.939. The first-order valence-corrected chi connectivity index (χ1v) is 8.03. The normalized spacial score (nSPS) is 10.6. The largest absolute Gasteiger partial charge is 0.497 e. The summed E-state index contributed by atoms with van der Waals surface area (Å²) in [7, 11) is 4.82. The molecular formula is C19H20N2O5. The third-order valence-electron chi connectivity index (χ3n) is 3.71. The van der Waals surface area contributed by atoms with Gasteiger partial charge in [-0.05, 0) is 36.4 Å². The number of hydrogen-bond acceptors (Lipinski definition) is 7. The zero-order valence-electron chi connectivity index (χ0n) is 14.9. The molecule has 26 heavy (non-hydrogen) atoms. The molecule has 0 bridgehead atoms. The highest BCUT2D eigenvalue weighted by atomic mass is 16.5. The van der Waals surface area contributed by atoms with E-state index in [1.807, 2.05) is 42.5 Å². The summed E-state index contributed by atoms with van der Waals surface area (Å²) < 4.78 is 26.6. The minimum absolute atomic E-state index is 0.415. The van der Waals surface area contributed by atoms with Gasteiger partial charge < -0.3 is 23.5 Å². The van der Waals surface area contributed by atoms with Gasteiger partial charge >= 0.3 is 0 Å². The van der Waals surface area contributed by atoms with Gasteiger partial charge in [-0.15, -0.1) is 0 Å². The van der Waals surface area contributed by atoms with Gasteiger partial charge in [0.1, 0.15) is 12.4 Å². The summed E-state index contributed by atoms with van der Waals surface area (Å²) in [5.74, 6) is 2.82. The lowest BCUT2D eigenvalue weighted by molar-refractivity contribution is 0.144. The number of methoxy groups -OCH3 is 3. The summed E-state index contributed by atoms with van der Waals surface area (Å²) in [5.41, 5.74) is 1.55. The maximum absolute atomic E-state index is 5.63. The van der Waals surface area contributed by atoms with E-state index in [0.717, 1.165) is 16.9 Å². The van der Waals surface area contributed by atoms with Crippen LogP contribution >= 0.6 is 0 Å². The first-order valence-electron chi connectivity index (χ1n) is 8.03. The summed E-state index contributed by atoms with van der Waals surface area (Å²) in [5, 5.41) is 4.06. The van der Waals surface area contributed by atoms with E-state index in [9.17, 15) is 0 Å². The molecule has 0 amide bonds. The molecule has 0 saturated heterocycles. The van der Waals surface area contributed by atoms with Crippen molar-refractivity contribution in [2.45, 2.75) is 0 Å². The van der Waals surface area contributed by atoms with E-state index in [-0.39, 0.29) is 0 Å². The number of aromatic nitrogens is 2. The molecular weight excluding hydrogens is 336 g/mol. The van der Waals surface area contributed by atoms with E-state index < -0.39 is 0 Å². The molecule has 0 N–H and O–H groups in total. The maximum Gasteiger partial charge on any atom is 0.258 e. The molecule has 2 aromatic carbocycles. The Morgan fingerprint density at radius 2 is 1.77 bits per heavy atom. The van der Waals surface area contributed by atoms with Crippen LogP contribution in [0.5, 0.6) is 17.2 Å². The van der Waals surface area contributed by atoms with Crippen LogP contribution in [0.15, 0.2) is 47.0 Å². The topological polar surface area (TPSA) is 75.8 Å². The Bertz CT molecular complexity index is 863. The molecule has 1 aromatic heterocycles. The van der Waals surface area contributed by atoms with Crippen LogP contribution in [-0.2, 0) is 4.74 Å². The molecule has 0 aliphatic heterocycles. The number of benzene rings is 2. The molecule has 0 saturated carbocycles. The second-order valence-corrected chi connectivity index (χ2v) is 5.36. The lowest BCUT2D eigenvalue weighted by atomic mass is 10.2. The van der Waals surface area contributed by atoms with Gasteiger partial charge in [0, 0.05) is 18.2 Å². The Hall–Kier alpha value is -3.06. The van der Waals surface area contributed by atoms with Crippen molar-refractivity contribution in [1.82, 2.24) is 10.1 Å². The monoisotopic (exact) mass is 356 g/mol. The number of rotatable bonds is 8. The van der Waals surface area contributed by atoms with Crippen molar-refractivity contribution in [3.05, 3.63) is 42.5 Å². The fourth-order valence-corrected chi connectivity index (χ4v) is 2.37. The molecule has 3 aromatic rings. The van der Waals surface area contributed by atoms with Crippen molar-refractivity contribution in [3.63, 3.8) is 0 Å². The van der Waals surface area contributed by atoms with Gasteiger partial charge in [-0.1, -0.05) is 11.2 Å². The van der Waals surface area contributed by atoms with Crippen molar-refractivity contribution < 1.29 is 23.5 Å². The van der Waals surface area contributed by atoms with Gasteiger partial charge in [0.25, 0.3) is 5.89 Å². The zero-order valence-corrected chi connectivity index (χ0v) is 14.9. The number of ether oxygens (including phenoxy) is 4. The van der Waals surface area contributed by atoms with Crippen molar-refractivity contribution in [2.75, 3.05) is 34.5 Å². The smallest absolute Gasteiger partial charge is 0.258 e. The zero-order chi connectivity index (χ0) is 18.4. The molecule has 0 unspecified atom stereocenters. The molecule has 7 nitrogen and oxygen atoms in total. The van der Waals surface area contributed by atoms with Crippen LogP contribution in [0.1, 0.15) is 0 Å². The molecule has 0 spiro atoms. The van der Waals surface area contributed by atoms with Gasteiger partial charge in [-0.25, -0.2) is 0 Å². The predicted molar refractivity (Wildman–Crippen MR) is 95.6 cm³/mol. The number of hydrogen-bond donors (Lipinski definition) is 0. The minimum Gasteiger partial charge on any atom is -0.497 e. The molecule has 0 radical (unpaired) electrons. The van der Waals surface area contributed by atoms with Crippen molar-refractivity contribution in [1.29, 1.82) is 0 Å². The van der Waals surface area contributed by atoms with Crippen LogP contribution in [0.4, 0.5) is 0 Å². The standard InChI is InChI=1S/C19H20N2O5/c1-22-9-10-25-16-8-7-13(12-17(16)24-3)18-20-19(26-21-18)14-5-4-6-15(11-14)23-2/h4-8,11-12H,9-10H2,1-3H3. The fourth-order valence-electron chi connectivity index (χ4n) is 2.37. The highest BCUT2D eigenvalue weighted by molar-refractivity contribution is 5.64. The average Bonchev–Trinajstić information content (AvgIpc) is 3.18. The van der Waals surface area contributed by atoms with Crippen LogP contribution in [0.3, 0.4) is 0 Å². The van der Waals surface area contributed by atoms with Crippen LogP contribution in [-0.4, -0.2) is 44.7 Å². The van der Waals surface area contributed by atoms with Gasteiger partial charge in [0.15, 0.2) is 11.5 Å². The Kier molecular flexibility index (Phi) is 5.70. The van der Waals surface area contributed by atoms with E-state index in [1.165, 1.54) is 0 Å². The van der Waals surface area contributed by atoms with Crippen LogP contribution in [0, 0.1) is 0 Å². The predicted octanol–water partition coefficient (Wildman–Crippen LogP) is 3.45. The lowest BCUT2D eigenvalue weighted by Crippen LogP contribution is -2.05. The molecule has 136 valence electrons. The first-order chi connectivity index (χ1) is 12.7. The summed E-state index contributed by atoms with van der Waals surface area (Å²) in [6.07, 6.45) is 0. The number of nitrogens with zero attached hydrogens (tertiary/aromatic N) is 2. The summed E-state index contributed by atoms with van der Waals surface area (Å²) in [6, 6.07) is 12.9. The van der Waals surface area contributed by atoms with Crippen molar-refractivity contribution in [3.8, 4) is 40.1 Å². The Balaban J connectivity index is 1.84. The Labute approximate surface area is 151 Å². The van der Waals surface area contributed by atoms with Gasteiger partial charge in [-0.3, -0.25) is 0 Å². The third-order valence-corrected chi connectivity index (χ3v) is 3.71. The van der Waals surface area contributed by atoms with Crippen LogP contribution < -0.4 is 14.2 Å². The van der Waals surface area contributed by atoms with Gasteiger partial charge in [0.05, 0.1) is 20.8 Å². The second-order valence-electron chi connectivity index (χ2n) is 5.36. The van der Waals surface area contributed by atoms with E-state index >= 15 is 0 Å². The summed E-state index contributed by atoms with van der Waals surface area (Å²) >= 11 is 0. The molecule has 7 heteroatoms. The first kappa shape index (κ1) is 17.8. The SMILES string of the molecule is COCCOc1ccc(-c2noc(-c3cccc(OC)c3)n2)cc1OC. The van der Waals surface area contributed by atoms with E-state index in [4.69, 9.17) is 23.5 Å². The third kappa shape index (κ3) is 3.94. The second kappa shape index (κ2) is 8.35. The molecule has 0 aliphatic rings. The molecule has 0 atom stereocenters. The quantitative estimate of drug-likeness (QED) is 0.572. The fraction of sp³-hybridized carbons (Fsp3) is 0.263. The van der Waals surface area contributed by atoms with E-state index in [0.29, 0.717) is 36.4 Å². The molecule has 1 heterocycles. The highest BCUT2D eigenvalue weighted by Crippen LogP contribution is 2.32. The van der Waals surface area contributed by atoms with Gasteiger partial charge in [-0.2, -0.15) is 4.98 Å². The molecule has 0 fully saturated rings. The van der Waals surface area contributed by atoms with E-state index in [1.54, 1.807) is 21.3 Å². The van der Waals surface area contributed by atoms with E-state index in [2.05, 4.69) is 10.1 Å². The van der Waals surface area contributed by atoms with Crippen molar-refractivity contribution >= 4 is 0 Å². The summed E-state index contributed by atoms with van der Waals surface area (Å²) in [4.78, 5) is 4.46. The maximum atomic E-state index is 5.63. The minimum atomic E-state index is 0.415. The van der Waals surface area contributed by atoms with Crippen molar-refractivity contribution in [2.24, 2.45) is 0 Å². The van der Waals surface area contributed by atoms with Crippen LogP contribution in [0.2, 0.25) is 0 Å². The Morgan fingerprint density at radius 1 is 0.885 bits per heavy atom. The molecule has 0 aliphatic carbocycles. The Morgan fingerprint density at radius 3 is 2.54 bits per heavy atom.